The number of hydrogen-bond donors (Lipinski definition) is 1. The van der Waals surface area contributed by atoms with Crippen LogP contribution in [0.2, 0.25) is 0 Å². The van der Waals surface area contributed by atoms with Gasteiger partial charge < -0.3 is 19.5 Å². The highest BCUT2D eigenvalue weighted by Gasteiger charge is 2.13. The van der Waals surface area contributed by atoms with Crippen molar-refractivity contribution in [1.29, 1.82) is 0 Å². The molecule has 0 spiro atoms. The predicted molar refractivity (Wildman–Crippen MR) is 205 cm³/mol. The number of ether oxygens (including phenoxy) is 3. The Hall–Kier alpha value is -0.810. The van der Waals surface area contributed by atoms with Gasteiger partial charge in [0.05, 0.1) is 6.61 Å². The minimum absolute atomic E-state index is 0.185. The van der Waals surface area contributed by atoms with Gasteiger partial charge in [-0.1, -0.05) is 206 Å². The Kier molecular flexibility index (Phi) is 40.6. The second kappa shape index (κ2) is 41.4. The molecular weight excluding hydrogens is 582 g/mol. The molecule has 0 rings (SSSR count). The van der Waals surface area contributed by atoms with Crippen molar-refractivity contribution in [3.63, 3.8) is 0 Å². The molecule has 0 saturated carbocycles. The van der Waals surface area contributed by atoms with E-state index in [9.17, 15) is 4.79 Å². The van der Waals surface area contributed by atoms with Gasteiger partial charge in [-0.05, 0) is 19.8 Å². The van der Waals surface area contributed by atoms with Gasteiger partial charge in [-0.3, -0.25) is 0 Å². The summed E-state index contributed by atoms with van der Waals surface area (Å²) in [6.45, 7) is 9.27. The molecule has 0 aromatic rings. The lowest BCUT2D eigenvalue weighted by Gasteiger charge is -2.18. The molecular formula is C42H85NO4. The van der Waals surface area contributed by atoms with Gasteiger partial charge in [-0.25, -0.2) is 4.79 Å². The van der Waals surface area contributed by atoms with Gasteiger partial charge in [0.25, 0.3) is 0 Å². The Morgan fingerprint density at radius 2 is 0.745 bits per heavy atom. The number of nitrogens with one attached hydrogen (secondary N) is 1. The quantitative estimate of drug-likeness (QED) is 0.0661. The van der Waals surface area contributed by atoms with E-state index < -0.39 is 0 Å². The molecule has 47 heavy (non-hydrogen) atoms. The lowest BCUT2D eigenvalue weighted by molar-refractivity contribution is -0.0467. The number of carbonyl (C=O) groups excluding carboxylic acids is 1. The zero-order chi connectivity index (χ0) is 34.1. The van der Waals surface area contributed by atoms with Gasteiger partial charge in [-0.15, -0.1) is 0 Å². The smallest absolute Gasteiger partial charge is 0.407 e. The van der Waals surface area contributed by atoms with Crippen molar-refractivity contribution in [3.8, 4) is 0 Å². The van der Waals surface area contributed by atoms with Crippen molar-refractivity contribution in [3.05, 3.63) is 0 Å². The third-order valence-electron chi connectivity index (χ3n) is 9.52. The summed E-state index contributed by atoms with van der Waals surface area (Å²) in [4.78, 5) is 11.8. The molecule has 1 atom stereocenters. The molecule has 0 aromatic heterocycles. The van der Waals surface area contributed by atoms with Gasteiger partial charge in [0, 0.05) is 19.8 Å². The highest BCUT2D eigenvalue weighted by Crippen LogP contribution is 2.15. The van der Waals surface area contributed by atoms with E-state index >= 15 is 0 Å². The molecule has 5 nitrogen and oxygen atoms in total. The fraction of sp³-hybridized carbons (Fsp3) is 0.976. The summed E-state index contributed by atoms with van der Waals surface area (Å²) in [6, 6.07) is 0. The fourth-order valence-corrected chi connectivity index (χ4v) is 6.38. The van der Waals surface area contributed by atoms with Crippen LogP contribution in [0, 0.1) is 0 Å². The van der Waals surface area contributed by atoms with Gasteiger partial charge in [-0.2, -0.15) is 0 Å². The second-order valence-electron chi connectivity index (χ2n) is 14.3. The van der Waals surface area contributed by atoms with E-state index in [-0.39, 0.29) is 18.8 Å². The predicted octanol–water partition coefficient (Wildman–Crippen LogP) is 13.7. The van der Waals surface area contributed by atoms with E-state index in [1.54, 1.807) is 0 Å². The first-order valence-corrected chi connectivity index (χ1v) is 21.3. The van der Waals surface area contributed by atoms with Crippen LogP contribution in [-0.4, -0.2) is 45.2 Å². The highest BCUT2D eigenvalue weighted by atomic mass is 16.6. The van der Waals surface area contributed by atoms with Crippen LogP contribution in [0.1, 0.15) is 226 Å². The summed E-state index contributed by atoms with van der Waals surface area (Å²) in [5.74, 6) is 0. The van der Waals surface area contributed by atoms with Gasteiger partial charge in [0.1, 0.15) is 12.7 Å². The maximum Gasteiger partial charge on any atom is 0.407 e. The molecule has 5 heteroatoms. The number of rotatable bonds is 40. The summed E-state index contributed by atoms with van der Waals surface area (Å²) in [5, 5.41) is 2.70. The summed E-state index contributed by atoms with van der Waals surface area (Å²) >= 11 is 0. The normalized spacial score (nSPS) is 12.1. The van der Waals surface area contributed by atoms with Crippen LogP contribution in [0.3, 0.4) is 0 Å². The molecule has 1 N–H and O–H groups in total. The van der Waals surface area contributed by atoms with Crippen LogP contribution in [0.4, 0.5) is 4.79 Å². The Bertz CT molecular complexity index is 587. The number of amides is 1. The number of carbonyl (C=O) groups is 1. The summed E-state index contributed by atoms with van der Waals surface area (Å²) in [6.07, 6.45) is 43.3. The molecule has 282 valence electrons. The Morgan fingerprint density at radius 3 is 1.09 bits per heavy atom. The molecule has 1 unspecified atom stereocenters. The molecule has 0 aliphatic carbocycles. The van der Waals surface area contributed by atoms with E-state index in [1.807, 2.05) is 6.92 Å². The Labute approximate surface area is 295 Å². The molecule has 0 bridgehead atoms. The molecule has 0 aliphatic rings. The third kappa shape index (κ3) is 39.5. The van der Waals surface area contributed by atoms with Crippen molar-refractivity contribution in [2.24, 2.45) is 0 Å². The number of unbranched alkanes of at least 4 members (excludes halogenated alkanes) is 30. The first-order valence-electron chi connectivity index (χ1n) is 21.3. The van der Waals surface area contributed by atoms with Crippen molar-refractivity contribution >= 4 is 6.09 Å². The van der Waals surface area contributed by atoms with Crippen molar-refractivity contribution in [1.82, 2.24) is 5.32 Å². The average Bonchev–Trinajstić information content (AvgIpc) is 3.07. The third-order valence-corrected chi connectivity index (χ3v) is 9.52. The molecule has 0 fully saturated rings. The summed E-state index contributed by atoms with van der Waals surface area (Å²) in [5.41, 5.74) is 0. The Morgan fingerprint density at radius 1 is 0.426 bits per heavy atom. The van der Waals surface area contributed by atoms with Crippen LogP contribution >= 0.6 is 0 Å². The molecule has 0 saturated heterocycles. The van der Waals surface area contributed by atoms with Crippen LogP contribution < -0.4 is 5.32 Å². The van der Waals surface area contributed by atoms with Gasteiger partial charge in [0.15, 0.2) is 0 Å². The first kappa shape index (κ1) is 46.2. The molecule has 0 radical (unpaired) electrons. The van der Waals surface area contributed by atoms with Crippen molar-refractivity contribution < 1.29 is 19.0 Å². The van der Waals surface area contributed by atoms with E-state index in [4.69, 9.17) is 14.2 Å². The minimum atomic E-state index is -0.374. The topological polar surface area (TPSA) is 56.8 Å². The molecule has 1 amide bonds. The SMILES string of the molecule is CCCCCCCCCCCCCCCCCCOCC(COC(=O)NCC)OCCCCCCCCCCCCCCCCCC. The molecule has 0 aromatic carbocycles. The van der Waals surface area contributed by atoms with Crippen LogP contribution in [0.5, 0.6) is 0 Å². The lowest BCUT2D eigenvalue weighted by Crippen LogP contribution is -2.31. The minimum Gasteiger partial charge on any atom is -0.447 e. The zero-order valence-electron chi connectivity index (χ0n) is 32.4. The van der Waals surface area contributed by atoms with Gasteiger partial charge in [0.2, 0.25) is 0 Å². The fourth-order valence-electron chi connectivity index (χ4n) is 6.38. The summed E-state index contributed by atoms with van der Waals surface area (Å²) < 4.78 is 17.4. The van der Waals surface area contributed by atoms with Gasteiger partial charge >= 0.3 is 6.09 Å². The van der Waals surface area contributed by atoms with E-state index in [0.717, 1.165) is 19.4 Å². The van der Waals surface area contributed by atoms with E-state index in [2.05, 4.69) is 19.2 Å². The molecule has 0 aliphatic heterocycles. The maximum atomic E-state index is 11.8. The average molecular weight is 668 g/mol. The number of hydrogen-bond acceptors (Lipinski definition) is 4. The largest absolute Gasteiger partial charge is 0.447 e. The molecule has 0 heterocycles. The highest BCUT2D eigenvalue weighted by molar-refractivity contribution is 5.66. The van der Waals surface area contributed by atoms with Crippen LogP contribution in [-0.2, 0) is 14.2 Å². The standard InChI is InChI=1S/C42H85NO4/c1-4-7-9-11-13-15-17-19-21-23-25-27-29-31-33-35-37-45-39-41(40-47-42(44)43-6-3)46-38-36-34-32-30-28-26-24-22-20-18-16-14-12-10-8-5-2/h41H,4-40H2,1-3H3,(H,43,44). The van der Waals surface area contributed by atoms with E-state index in [0.29, 0.717) is 19.8 Å². The first-order chi connectivity index (χ1) is 23.2. The number of alkyl carbamates (subject to hydrolysis) is 1. The van der Waals surface area contributed by atoms with Crippen molar-refractivity contribution in [2.75, 3.05) is 33.0 Å². The van der Waals surface area contributed by atoms with Crippen LogP contribution in [0.15, 0.2) is 0 Å². The van der Waals surface area contributed by atoms with Crippen molar-refractivity contribution in [2.45, 2.75) is 232 Å². The monoisotopic (exact) mass is 668 g/mol. The Balaban J connectivity index is 3.68. The maximum absolute atomic E-state index is 11.8. The van der Waals surface area contributed by atoms with Crippen LogP contribution in [0.25, 0.3) is 0 Å². The zero-order valence-corrected chi connectivity index (χ0v) is 32.4. The summed E-state index contributed by atoms with van der Waals surface area (Å²) in [7, 11) is 0. The second-order valence-corrected chi connectivity index (χ2v) is 14.3. The van der Waals surface area contributed by atoms with E-state index in [1.165, 1.54) is 193 Å². The lowest BCUT2D eigenvalue weighted by atomic mass is 10.0.